The smallest absolute Gasteiger partial charge is 0.0545 e. The Morgan fingerprint density at radius 2 is 2.27 bits per heavy atom. The largest absolute Gasteiger partial charge is 0.396 e. The zero-order valence-electron chi connectivity index (χ0n) is 9.83. The highest BCUT2D eigenvalue weighted by Crippen LogP contribution is 2.31. The second-order valence-corrected chi connectivity index (χ2v) is 4.53. The van der Waals surface area contributed by atoms with Crippen LogP contribution in [0.3, 0.4) is 0 Å². The Bertz CT molecular complexity index is 153. The first-order valence-corrected chi connectivity index (χ1v) is 6.09. The molecule has 0 aromatic carbocycles. The molecule has 0 spiro atoms. The van der Waals surface area contributed by atoms with Crippen molar-refractivity contribution >= 4 is 0 Å². The van der Waals surface area contributed by atoms with Gasteiger partial charge in [0.15, 0.2) is 0 Å². The summed E-state index contributed by atoms with van der Waals surface area (Å²) < 4.78 is 11.0. The minimum Gasteiger partial charge on any atom is -0.396 e. The topological polar surface area (TPSA) is 38.7 Å². The molecule has 1 aliphatic rings. The van der Waals surface area contributed by atoms with E-state index in [9.17, 15) is 5.11 Å². The van der Waals surface area contributed by atoms with Gasteiger partial charge in [-0.1, -0.05) is 13.3 Å². The van der Waals surface area contributed by atoms with E-state index in [-0.39, 0.29) is 12.0 Å². The first kappa shape index (κ1) is 12.9. The van der Waals surface area contributed by atoms with E-state index in [0.717, 1.165) is 45.5 Å². The fraction of sp³-hybridized carbons (Fsp3) is 1.00. The lowest BCUT2D eigenvalue weighted by molar-refractivity contribution is -0.0555. The third-order valence-electron chi connectivity index (χ3n) is 3.16. The van der Waals surface area contributed by atoms with E-state index in [1.165, 1.54) is 6.42 Å². The quantitative estimate of drug-likeness (QED) is 0.661. The van der Waals surface area contributed by atoms with E-state index >= 15 is 0 Å². The average molecular weight is 216 g/mol. The number of unbranched alkanes of at least 4 members (excludes halogenated alkanes) is 1. The fourth-order valence-corrected chi connectivity index (χ4v) is 1.95. The minimum atomic E-state index is -0.0233. The summed E-state index contributed by atoms with van der Waals surface area (Å²) in [6.45, 7) is 5.53. The van der Waals surface area contributed by atoms with Gasteiger partial charge in [-0.15, -0.1) is 0 Å². The van der Waals surface area contributed by atoms with Crippen LogP contribution in [0.2, 0.25) is 0 Å². The maximum absolute atomic E-state index is 9.41. The van der Waals surface area contributed by atoms with E-state index in [2.05, 4.69) is 6.92 Å². The molecule has 1 N–H and O–H groups in total. The Balaban J connectivity index is 2.15. The van der Waals surface area contributed by atoms with Gasteiger partial charge in [-0.05, 0) is 25.7 Å². The molecule has 0 saturated carbocycles. The van der Waals surface area contributed by atoms with Gasteiger partial charge in [0.1, 0.15) is 0 Å². The molecule has 1 unspecified atom stereocenters. The van der Waals surface area contributed by atoms with Crippen LogP contribution in [-0.4, -0.2) is 38.1 Å². The van der Waals surface area contributed by atoms with Crippen molar-refractivity contribution in [1.29, 1.82) is 0 Å². The third kappa shape index (κ3) is 4.49. The molecule has 1 rings (SSSR count). The molecule has 1 aliphatic heterocycles. The number of aliphatic hydroxyl groups is 1. The Morgan fingerprint density at radius 1 is 1.40 bits per heavy atom. The SMILES string of the molecule is CCCCOCCC1(CO)CCCOC1. The first-order valence-electron chi connectivity index (χ1n) is 6.09. The Kier molecular flexibility index (Phi) is 6.22. The molecule has 0 aliphatic carbocycles. The summed E-state index contributed by atoms with van der Waals surface area (Å²) in [5.41, 5.74) is -0.0233. The van der Waals surface area contributed by atoms with E-state index in [1.807, 2.05) is 0 Å². The fourth-order valence-electron chi connectivity index (χ4n) is 1.95. The maximum atomic E-state index is 9.41. The van der Waals surface area contributed by atoms with Crippen LogP contribution < -0.4 is 0 Å². The van der Waals surface area contributed by atoms with Crippen LogP contribution in [0.15, 0.2) is 0 Å². The molecule has 15 heavy (non-hydrogen) atoms. The summed E-state index contributed by atoms with van der Waals surface area (Å²) in [5, 5.41) is 9.41. The molecule has 0 amide bonds. The molecule has 90 valence electrons. The van der Waals surface area contributed by atoms with Crippen LogP contribution in [0.5, 0.6) is 0 Å². The summed E-state index contributed by atoms with van der Waals surface area (Å²) in [7, 11) is 0. The van der Waals surface area contributed by atoms with Crippen LogP contribution in [0.4, 0.5) is 0 Å². The number of ether oxygens (including phenoxy) is 2. The highest BCUT2D eigenvalue weighted by atomic mass is 16.5. The van der Waals surface area contributed by atoms with Gasteiger partial charge in [-0.2, -0.15) is 0 Å². The summed E-state index contributed by atoms with van der Waals surface area (Å²) in [4.78, 5) is 0. The lowest BCUT2D eigenvalue weighted by Gasteiger charge is -2.35. The Morgan fingerprint density at radius 3 is 2.87 bits per heavy atom. The van der Waals surface area contributed by atoms with E-state index in [4.69, 9.17) is 9.47 Å². The highest BCUT2D eigenvalue weighted by Gasteiger charge is 2.31. The highest BCUT2D eigenvalue weighted by molar-refractivity contribution is 4.80. The zero-order valence-corrected chi connectivity index (χ0v) is 9.83. The lowest BCUT2D eigenvalue weighted by atomic mass is 9.80. The predicted octanol–water partition coefficient (Wildman–Crippen LogP) is 1.98. The molecule has 1 saturated heterocycles. The van der Waals surface area contributed by atoms with Crippen LogP contribution in [0, 0.1) is 5.41 Å². The summed E-state index contributed by atoms with van der Waals surface area (Å²) in [6.07, 6.45) is 5.36. The van der Waals surface area contributed by atoms with Crippen LogP contribution in [-0.2, 0) is 9.47 Å². The number of hydrogen-bond donors (Lipinski definition) is 1. The number of aliphatic hydroxyl groups excluding tert-OH is 1. The number of hydrogen-bond acceptors (Lipinski definition) is 3. The van der Waals surface area contributed by atoms with E-state index in [1.54, 1.807) is 0 Å². The van der Waals surface area contributed by atoms with Crippen molar-refractivity contribution in [1.82, 2.24) is 0 Å². The molecule has 1 fully saturated rings. The van der Waals surface area contributed by atoms with Gasteiger partial charge in [0.05, 0.1) is 13.2 Å². The van der Waals surface area contributed by atoms with Crippen molar-refractivity contribution in [3.05, 3.63) is 0 Å². The predicted molar refractivity (Wildman–Crippen MR) is 59.9 cm³/mol. The molecule has 3 nitrogen and oxygen atoms in total. The third-order valence-corrected chi connectivity index (χ3v) is 3.16. The second kappa shape index (κ2) is 7.20. The van der Waals surface area contributed by atoms with Crippen molar-refractivity contribution in [3.63, 3.8) is 0 Å². The minimum absolute atomic E-state index is 0.0233. The van der Waals surface area contributed by atoms with Gasteiger partial charge < -0.3 is 14.6 Å². The van der Waals surface area contributed by atoms with Crippen molar-refractivity contribution in [2.75, 3.05) is 33.0 Å². The monoisotopic (exact) mass is 216 g/mol. The van der Waals surface area contributed by atoms with Crippen molar-refractivity contribution in [2.45, 2.75) is 39.0 Å². The molecular weight excluding hydrogens is 192 g/mol. The average Bonchev–Trinajstić information content (AvgIpc) is 2.30. The molecular formula is C12H24O3. The van der Waals surface area contributed by atoms with Crippen molar-refractivity contribution < 1.29 is 14.6 Å². The summed E-state index contributed by atoms with van der Waals surface area (Å²) in [6, 6.07) is 0. The Hall–Kier alpha value is -0.120. The molecule has 0 radical (unpaired) electrons. The normalized spacial score (nSPS) is 26.8. The number of rotatable bonds is 7. The molecule has 0 aromatic rings. The van der Waals surface area contributed by atoms with Gasteiger partial charge in [0, 0.05) is 25.2 Å². The molecule has 1 atom stereocenters. The summed E-state index contributed by atoms with van der Waals surface area (Å²) in [5.74, 6) is 0. The van der Waals surface area contributed by atoms with E-state index < -0.39 is 0 Å². The standard InChI is InChI=1S/C12H24O3/c1-2-3-7-14-9-6-12(10-13)5-4-8-15-11-12/h13H,2-11H2,1H3. The van der Waals surface area contributed by atoms with Gasteiger partial charge in [0.2, 0.25) is 0 Å². The zero-order chi connectivity index (χ0) is 11.0. The van der Waals surface area contributed by atoms with Gasteiger partial charge in [-0.25, -0.2) is 0 Å². The lowest BCUT2D eigenvalue weighted by Crippen LogP contribution is -2.36. The Labute approximate surface area is 92.8 Å². The second-order valence-electron chi connectivity index (χ2n) is 4.53. The van der Waals surface area contributed by atoms with E-state index in [0.29, 0.717) is 6.61 Å². The molecule has 1 heterocycles. The van der Waals surface area contributed by atoms with Gasteiger partial charge in [0.25, 0.3) is 0 Å². The molecule has 0 bridgehead atoms. The van der Waals surface area contributed by atoms with Crippen LogP contribution in [0.25, 0.3) is 0 Å². The van der Waals surface area contributed by atoms with Crippen LogP contribution >= 0.6 is 0 Å². The first-order chi connectivity index (χ1) is 7.33. The van der Waals surface area contributed by atoms with Crippen molar-refractivity contribution in [2.24, 2.45) is 5.41 Å². The summed E-state index contributed by atoms with van der Waals surface area (Å²) >= 11 is 0. The van der Waals surface area contributed by atoms with Gasteiger partial charge >= 0.3 is 0 Å². The molecule has 3 heteroatoms. The maximum Gasteiger partial charge on any atom is 0.0545 e. The van der Waals surface area contributed by atoms with Crippen LogP contribution in [0.1, 0.15) is 39.0 Å². The van der Waals surface area contributed by atoms with Crippen molar-refractivity contribution in [3.8, 4) is 0 Å². The molecule has 0 aromatic heterocycles. The van der Waals surface area contributed by atoms with Gasteiger partial charge in [-0.3, -0.25) is 0 Å².